The van der Waals surface area contributed by atoms with Crippen LogP contribution in [0.3, 0.4) is 0 Å². The standard InChI is InChI=1S/C18H37N3O3.HI/c1-4-6-14-23-16-10-20-18(19-5-2)21-11-8-17(9-12-21)24-15-7-13-22-3;/h17H,4-16H2,1-3H3,(H,19,20);1H. The predicted octanol–water partition coefficient (Wildman–Crippen LogP) is 2.90. The Labute approximate surface area is 171 Å². The molecule has 0 aromatic carbocycles. The molecule has 0 bridgehead atoms. The van der Waals surface area contributed by atoms with Crippen LogP contribution in [-0.4, -0.2) is 76.7 Å². The fourth-order valence-corrected chi connectivity index (χ4v) is 2.68. The lowest BCUT2D eigenvalue weighted by Gasteiger charge is -2.34. The van der Waals surface area contributed by atoms with Crippen molar-refractivity contribution in [2.75, 3.05) is 59.7 Å². The van der Waals surface area contributed by atoms with Gasteiger partial charge in [-0.1, -0.05) is 13.3 Å². The van der Waals surface area contributed by atoms with E-state index in [-0.39, 0.29) is 24.0 Å². The van der Waals surface area contributed by atoms with Crippen molar-refractivity contribution in [3.8, 4) is 0 Å². The molecule has 0 aromatic heterocycles. The average Bonchev–Trinajstić information content (AvgIpc) is 2.61. The molecule has 1 aliphatic heterocycles. The van der Waals surface area contributed by atoms with Gasteiger partial charge >= 0.3 is 0 Å². The van der Waals surface area contributed by atoms with Crippen molar-refractivity contribution in [1.82, 2.24) is 10.2 Å². The van der Waals surface area contributed by atoms with E-state index in [1.54, 1.807) is 7.11 Å². The molecule has 0 atom stereocenters. The summed E-state index contributed by atoms with van der Waals surface area (Å²) < 4.78 is 16.6. The van der Waals surface area contributed by atoms with Crippen LogP contribution in [0, 0.1) is 0 Å². The Morgan fingerprint density at radius 2 is 1.84 bits per heavy atom. The fraction of sp³-hybridized carbons (Fsp3) is 0.944. The average molecular weight is 471 g/mol. The van der Waals surface area contributed by atoms with Crippen molar-refractivity contribution < 1.29 is 14.2 Å². The number of hydrogen-bond acceptors (Lipinski definition) is 4. The van der Waals surface area contributed by atoms with Crippen LogP contribution in [0.2, 0.25) is 0 Å². The lowest BCUT2D eigenvalue weighted by molar-refractivity contribution is 0.00988. The lowest BCUT2D eigenvalue weighted by atomic mass is 10.1. The third kappa shape index (κ3) is 12.0. The molecule has 1 N–H and O–H groups in total. The van der Waals surface area contributed by atoms with Crippen molar-refractivity contribution in [3.63, 3.8) is 0 Å². The van der Waals surface area contributed by atoms with Crippen molar-refractivity contribution in [1.29, 1.82) is 0 Å². The van der Waals surface area contributed by atoms with Crippen molar-refractivity contribution in [2.45, 2.75) is 52.1 Å². The van der Waals surface area contributed by atoms with Crippen LogP contribution in [0.5, 0.6) is 0 Å². The maximum atomic E-state index is 5.92. The van der Waals surface area contributed by atoms with Crippen LogP contribution in [0.15, 0.2) is 4.99 Å². The summed E-state index contributed by atoms with van der Waals surface area (Å²) in [5.41, 5.74) is 0. The molecule has 1 saturated heterocycles. The van der Waals surface area contributed by atoms with Gasteiger partial charge in [0.05, 0.1) is 19.3 Å². The van der Waals surface area contributed by atoms with E-state index in [9.17, 15) is 0 Å². The van der Waals surface area contributed by atoms with Crippen LogP contribution in [-0.2, 0) is 14.2 Å². The monoisotopic (exact) mass is 471 g/mol. The van der Waals surface area contributed by atoms with Crippen LogP contribution >= 0.6 is 24.0 Å². The van der Waals surface area contributed by atoms with Gasteiger partial charge in [-0.3, -0.25) is 4.99 Å². The molecular formula is C18H38IN3O3. The van der Waals surface area contributed by atoms with E-state index >= 15 is 0 Å². The number of guanidine groups is 1. The number of aliphatic imine (C=N–C) groups is 1. The zero-order valence-corrected chi connectivity index (χ0v) is 18.6. The Morgan fingerprint density at radius 1 is 1.08 bits per heavy atom. The molecule has 0 unspecified atom stereocenters. The van der Waals surface area contributed by atoms with E-state index in [0.717, 1.165) is 77.6 Å². The Morgan fingerprint density at radius 3 is 2.48 bits per heavy atom. The first kappa shape index (κ1) is 24.9. The van der Waals surface area contributed by atoms with E-state index in [1.165, 1.54) is 6.42 Å². The Hall–Kier alpha value is -0.120. The highest BCUT2D eigenvalue weighted by atomic mass is 127. The molecule has 0 spiro atoms. The summed E-state index contributed by atoms with van der Waals surface area (Å²) in [5.74, 6) is 1.01. The molecule has 7 heteroatoms. The Kier molecular flexibility index (Phi) is 17.2. The molecule has 1 fully saturated rings. The minimum atomic E-state index is 0. The maximum Gasteiger partial charge on any atom is 0.193 e. The van der Waals surface area contributed by atoms with Crippen LogP contribution in [0.4, 0.5) is 0 Å². The number of halogens is 1. The lowest BCUT2D eigenvalue weighted by Crippen LogP contribution is -2.47. The van der Waals surface area contributed by atoms with Gasteiger partial charge in [-0.2, -0.15) is 0 Å². The number of nitrogens with one attached hydrogen (secondary N) is 1. The molecule has 1 rings (SSSR count). The second-order valence-electron chi connectivity index (χ2n) is 6.11. The van der Waals surface area contributed by atoms with Gasteiger partial charge in [0.25, 0.3) is 0 Å². The Balaban J connectivity index is 0.00000576. The summed E-state index contributed by atoms with van der Waals surface area (Å²) >= 11 is 0. The largest absolute Gasteiger partial charge is 0.385 e. The SMILES string of the molecule is CCCCOCCN=C(NCC)N1CCC(OCCCOC)CC1.I. The van der Waals surface area contributed by atoms with Crippen LogP contribution in [0.1, 0.15) is 46.0 Å². The molecule has 0 aliphatic carbocycles. The quantitative estimate of drug-likeness (QED) is 0.205. The number of rotatable bonds is 12. The molecule has 0 saturated carbocycles. The minimum Gasteiger partial charge on any atom is -0.385 e. The summed E-state index contributed by atoms with van der Waals surface area (Å²) in [7, 11) is 1.73. The van der Waals surface area contributed by atoms with Gasteiger partial charge in [0.2, 0.25) is 0 Å². The number of methoxy groups -OCH3 is 1. The Bertz CT molecular complexity index is 325. The zero-order chi connectivity index (χ0) is 17.5. The topological polar surface area (TPSA) is 55.3 Å². The summed E-state index contributed by atoms with van der Waals surface area (Å²) in [6.45, 7) is 11.0. The number of likely N-dealkylation sites (tertiary alicyclic amines) is 1. The van der Waals surface area contributed by atoms with Crippen molar-refractivity contribution in [2.24, 2.45) is 4.99 Å². The van der Waals surface area contributed by atoms with Crippen LogP contribution < -0.4 is 5.32 Å². The summed E-state index contributed by atoms with van der Waals surface area (Å²) in [6, 6.07) is 0. The normalized spacial score (nSPS) is 16.0. The second kappa shape index (κ2) is 17.3. The highest BCUT2D eigenvalue weighted by molar-refractivity contribution is 14.0. The van der Waals surface area contributed by atoms with E-state index in [4.69, 9.17) is 19.2 Å². The third-order valence-corrected chi connectivity index (χ3v) is 4.06. The first-order valence-corrected chi connectivity index (χ1v) is 9.53. The summed E-state index contributed by atoms with van der Waals surface area (Å²) in [4.78, 5) is 7.03. The van der Waals surface area contributed by atoms with Crippen LogP contribution in [0.25, 0.3) is 0 Å². The van der Waals surface area contributed by atoms with Gasteiger partial charge in [-0.25, -0.2) is 0 Å². The number of ether oxygens (including phenoxy) is 3. The molecular weight excluding hydrogens is 433 g/mol. The summed E-state index contributed by atoms with van der Waals surface area (Å²) in [6.07, 6.45) is 5.77. The number of unbranched alkanes of at least 4 members (excludes halogenated alkanes) is 1. The third-order valence-electron chi connectivity index (χ3n) is 4.06. The molecule has 1 heterocycles. The maximum absolute atomic E-state index is 5.92. The van der Waals surface area contributed by atoms with Gasteiger partial charge < -0.3 is 24.4 Å². The molecule has 150 valence electrons. The van der Waals surface area contributed by atoms with E-state index in [1.807, 2.05) is 0 Å². The van der Waals surface area contributed by atoms with Crippen molar-refractivity contribution >= 4 is 29.9 Å². The molecule has 6 nitrogen and oxygen atoms in total. The first-order chi connectivity index (χ1) is 11.8. The van der Waals surface area contributed by atoms with Crippen molar-refractivity contribution in [3.05, 3.63) is 0 Å². The first-order valence-electron chi connectivity index (χ1n) is 9.53. The summed E-state index contributed by atoms with van der Waals surface area (Å²) in [5, 5.41) is 3.39. The smallest absolute Gasteiger partial charge is 0.193 e. The van der Waals surface area contributed by atoms with E-state index in [0.29, 0.717) is 12.7 Å². The number of piperidine rings is 1. The second-order valence-corrected chi connectivity index (χ2v) is 6.11. The molecule has 0 aromatic rings. The minimum absolute atomic E-state index is 0. The zero-order valence-electron chi connectivity index (χ0n) is 16.3. The molecule has 1 aliphatic rings. The van der Waals surface area contributed by atoms with E-state index in [2.05, 4.69) is 24.1 Å². The fourth-order valence-electron chi connectivity index (χ4n) is 2.68. The highest BCUT2D eigenvalue weighted by Crippen LogP contribution is 2.14. The number of hydrogen-bond donors (Lipinski definition) is 1. The molecule has 25 heavy (non-hydrogen) atoms. The van der Waals surface area contributed by atoms with Gasteiger partial charge in [0, 0.05) is 46.6 Å². The molecule has 0 amide bonds. The molecule has 0 radical (unpaired) electrons. The highest BCUT2D eigenvalue weighted by Gasteiger charge is 2.21. The van der Waals surface area contributed by atoms with E-state index < -0.39 is 0 Å². The predicted molar refractivity (Wildman–Crippen MR) is 114 cm³/mol. The van der Waals surface area contributed by atoms with Gasteiger partial charge in [0.1, 0.15) is 0 Å². The van der Waals surface area contributed by atoms with Gasteiger partial charge in [-0.05, 0) is 32.6 Å². The van der Waals surface area contributed by atoms with Gasteiger partial charge in [0.15, 0.2) is 5.96 Å². The number of nitrogens with zero attached hydrogens (tertiary/aromatic N) is 2. The van der Waals surface area contributed by atoms with Gasteiger partial charge in [-0.15, -0.1) is 24.0 Å².